The molecule has 6 rings (SSSR count). The first-order chi connectivity index (χ1) is 11.3. The average Bonchev–Trinajstić information content (AvgIpc) is 2.60. The Morgan fingerprint density at radius 1 is 0.652 bits per heavy atom. The van der Waals surface area contributed by atoms with Crippen molar-refractivity contribution in [2.24, 2.45) is 0 Å². The molecule has 112 valence electrons. The van der Waals surface area contributed by atoms with Gasteiger partial charge in [-0.1, -0.05) is 66.7 Å². The van der Waals surface area contributed by atoms with Gasteiger partial charge in [-0.05, 0) is 45.9 Å². The Morgan fingerprint density at radius 3 is 1.57 bits per heavy atom. The van der Waals surface area contributed by atoms with Crippen molar-refractivity contribution in [3.05, 3.63) is 106 Å². The second-order valence-corrected chi connectivity index (χ2v) is 6.69. The molecule has 23 heavy (non-hydrogen) atoms. The van der Waals surface area contributed by atoms with Gasteiger partial charge in [-0.2, -0.15) is 0 Å². The van der Waals surface area contributed by atoms with Gasteiger partial charge in [0.25, 0.3) is 0 Å². The predicted molar refractivity (Wildman–Crippen MR) is 91.8 cm³/mol. The summed E-state index contributed by atoms with van der Waals surface area (Å²) in [5.41, 5.74) is 9.49. The molecule has 0 amide bonds. The molecule has 3 aromatic carbocycles. The first-order valence-electron chi connectivity index (χ1n) is 8.25. The van der Waals surface area contributed by atoms with E-state index < -0.39 is 6.10 Å². The van der Waals surface area contributed by atoms with E-state index in [2.05, 4.69) is 66.7 Å². The molecule has 3 aliphatic carbocycles. The third-order valence-electron chi connectivity index (χ3n) is 5.45. The summed E-state index contributed by atoms with van der Waals surface area (Å²) < 4.78 is 0. The second-order valence-electron chi connectivity index (χ2n) is 6.69. The molecule has 1 atom stereocenters. The van der Waals surface area contributed by atoms with E-state index in [0.717, 1.165) is 5.56 Å². The van der Waals surface area contributed by atoms with Gasteiger partial charge in [0, 0.05) is 11.8 Å². The fourth-order valence-corrected chi connectivity index (χ4v) is 4.44. The van der Waals surface area contributed by atoms with Crippen LogP contribution in [-0.2, 0) is 0 Å². The van der Waals surface area contributed by atoms with E-state index in [1.54, 1.807) is 0 Å². The van der Waals surface area contributed by atoms with Crippen LogP contribution in [0.15, 0.2) is 66.7 Å². The summed E-state index contributed by atoms with van der Waals surface area (Å²) in [6, 6.07) is 24.2. The highest BCUT2D eigenvalue weighted by Crippen LogP contribution is 2.55. The number of aliphatic hydroxyl groups is 1. The van der Waals surface area contributed by atoms with Gasteiger partial charge in [0.1, 0.15) is 0 Å². The van der Waals surface area contributed by atoms with Crippen LogP contribution in [0.4, 0.5) is 0 Å². The topological polar surface area (TPSA) is 20.2 Å². The Labute approximate surface area is 136 Å². The van der Waals surface area contributed by atoms with E-state index in [1.807, 2.05) is 6.92 Å². The maximum atomic E-state index is 9.99. The molecule has 1 nitrogen and oxygen atoms in total. The SMILES string of the molecule is C[C@H](O)c1ccc2c(c1)C1c3ccccc3C2c2ccccc21. The molecule has 3 aliphatic rings. The number of hydrogen-bond donors (Lipinski definition) is 1. The van der Waals surface area contributed by atoms with Crippen molar-refractivity contribution in [2.75, 3.05) is 0 Å². The largest absolute Gasteiger partial charge is 0.389 e. The number of hydrogen-bond acceptors (Lipinski definition) is 1. The van der Waals surface area contributed by atoms with Crippen LogP contribution < -0.4 is 0 Å². The molecule has 0 aliphatic heterocycles. The van der Waals surface area contributed by atoms with Crippen molar-refractivity contribution in [1.82, 2.24) is 0 Å². The number of rotatable bonds is 1. The normalized spacial score (nSPS) is 21.3. The van der Waals surface area contributed by atoms with Gasteiger partial charge in [0.05, 0.1) is 6.10 Å². The van der Waals surface area contributed by atoms with E-state index in [0.29, 0.717) is 11.8 Å². The molecule has 0 saturated carbocycles. The van der Waals surface area contributed by atoms with Crippen LogP contribution in [0, 0.1) is 0 Å². The summed E-state index contributed by atoms with van der Waals surface area (Å²) in [7, 11) is 0. The molecule has 0 unspecified atom stereocenters. The monoisotopic (exact) mass is 298 g/mol. The lowest BCUT2D eigenvalue weighted by molar-refractivity contribution is 0.199. The van der Waals surface area contributed by atoms with E-state index in [4.69, 9.17) is 0 Å². The summed E-state index contributed by atoms with van der Waals surface area (Å²) in [6.45, 7) is 1.84. The highest BCUT2D eigenvalue weighted by Gasteiger charge is 2.40. The molecule has 0 aromatic heterocycles. The molecule has 0 heterocycles. The van der Waals surface area contributed by atoms with Crippen molar-refractivity contribution >= 4 is 0 Å². The van der Waals surface area contributed by atoms with E-state index in [9.17, 15) is 5.11 Å². The minimum Gasteiger partial charge on any atom is -0.389 e. The van der Waals surface area contributed by atoms with Crippen LogP contribution in [0.2, 0.25) is 0 Å². The van der Waals surface area contributed by atoms with Crippen LogP contribution in [-0.4, -0.2) is 5.11 Å². The van der Waals surface area contributed by atoms with Crippen molar-refractivity contribution in [2.45, 2.75) is 24.9 Å². The van der Waals surface area contributed by atoms with Gasteiger partial charge >= 0.3 is 0 Å². The van der Waals surface area contributed by atoms with E-state index >= 15 is 0 Å². The molecule has 0 fully saturated rings. The first-order valence-corrected chi connectivity index (χ1v) is 8.25. The van der Waals surface area contributed by atoms with Crippen molar-refractivity contribution in [3.63, 3.8) is 0 Å². The van der Waals surface area contributed by atoms with Gasteiger partial charge in [-0.25, -0.2) is 0 Å². The maximum Gasteiger partial charge on any atom is 0.0762 e. The first kappa shape index (κ1) is 13.1. The summed E-state index contributed by atoms with van der Waals surface area (Å²) in [6.07, 6.45) is -0.425. The molecule has 0 radical (unpaired) electrons. The minimum absolute atomic E-state index is 0.293. The van der Waals surface area contributed by atoms with Gasteiger partial charge < -0.3 is 5.11 Å². The van der Waals surface area contributed by atoms with Crippen LogP contribution in [0.25, 0.3) is 0 Å². The standard InChI is InChI=1S/C22H18O/c1-13(23)14-10-11-19-20(12-14)22-17-8-4-2-6-15(17)21(19)16-7-3-5-9-18(16)22/h2-13,21-23H,1H3/t13-,21?,22?/m0/s1. The minimum atomic E-state index is -0.425. The molecular weight excluding hydrogens is 280 g/mol. The van der Waals surface area contributed by atoms with Gasteiger partial charge in [0.2, 0.25) is 0 Å². The zero-order chi connectivity index (χ0) is 15.6. The van der Waals surface area contributed by atoms with Gasteiger partial charge in [0.15, 0.2) is 0 Å². The Hall–Kier alpha value is -2.38. The van der Waals surface area contributed by atoms with Crippen LogP contribution in [0.5, 0.6) is 0 Å². The molecule has 0 spiro atoms. The third-order valence-corrected chi connectivity index (χ3v) is 5.45. The fraction of sp³-hybridized carbons (Fsp3) is 0.182. The second kappa shape index (κ2) is 4.56. The molecule has 3 aromatic rings. The lowest BCUT2D eigenvalue weighted by Crippen LogP contribution is -2.27. The Kier molecular flexibility index (Phi) is 2.60. The van der Waals surface area contributed by atoms with Crippen molar-refractivity contribution in [1.29, 1.82) is 0 Å². The smallest absolute Gasteiger partial charge is 0.0762 e. The lowest BCUT2D eigenvalue weighted by Gasteiger charge is -2.42. The van der Waals surface area contributed by atoms with Gasteiger partial charge in [-0.3, -0.25) is 0 Å². The molecule has 1 N–H and O–H groups in total. The summed E-state index contributed by atoms with van der Waals surface area (Å²) in [4.78, 5) is 0. The van der Waals surface area contributed by atoms with E-state index in [1.165, 1.54) is 33.4 Å². The quantitative estimate of drug-likeness (QED) is 0.474. The third kappa shape index (κ3) is 1.66. The Balaban J connectivity index is 1.84. The predicted octanol–water partition coefficient (Wildman–Crippen LogP) is 4.73. The number of benzene rings is 3. The van der Waals surface area contributed by atoms with Crippen LogP contribution in [0.1, 0.15) is 63.8 Å². The zero-order valence-electron chi connectivity index (χ0n) is 13.0. The molecule has 0 saturated heterocycles. The average molecular weight is 298 g/mol. The lowest BCUT2D eigenvalue weighted by atomic mass is 9.61. The van der Waals surface area contributed by atoms with E-state index in [-0.39, 0.29) is 0 Å². The van der Waals surface area contributed by atoms with Crippen molar-refractivity contribution < 1.29 is 5.11 Å². The number of aliphatic hydroxyl groups excluding tert-OH is 1. The maximum absolute atomic E-state index is 9.99. The summed E-state index contributed by atoms with van der Waals surface area (Å²) >= 11 is 0. The Bertz CT molecular complexity index is 875. The molecule has 2 bridgehead atoms. The highest BCUT2D eigenvalue weighted by molar-refractivity contribution is 5.68. The fourth-order valence-electron chi connectivity index (χ4n) is 4.44. The zero-order valence-corrected chi connectivity index (χ0v) is 13.0. The summed E-state index contributed by atoms with van der Waals surface area (Å²) in [5.74, 6) is 0.617. The van der Waals surface area contributed by atoms with Crippen molar-refractivity contribution in [3.8, 4) is 0 Å². The molecule has 1 heteroatoms. The Morgan fingerprint density at radius 2 is 1.09 bits per heavy atom. The molecular formula is C22H18O. The van der Waals surface area contributed by atoms with Gasteiger partial charge in [-0.15, -0.1) is 0 Å². The van der Waals surface area contributed by atoms with Crippen LogP contribution >= 0.6 is 0 Å². The highest BCUT2D eigenvalue weighted by atomic mass is 16.3. The van der Waals surface area contributed by atoms with Crippen LogP contribution in [0.3, 0.4) is 0 Å². The summed E-state index contributed by atoms with van der Waals surface area (Å²) in [5, 5.41) is 9.99.